The van der Waals surface area contributed by atoms with Crippen molar-refractivity contribution in [3.8, 4) is 0 Å². The van der Waals surface area contributed by atoms with Crippen molar-refractivity contribution in [2.45, 2.75) is 33.3 Å². The molecule has 0 aliphatic heterocycles. The molecule has 1 aromatic rings. The molecule has 104 valence electrons. The van der Waals surface area contributed by atoms with Crippen LogP contribution in [-0.4, -0.2) is 24.6 Å². The number of furan rings is 1. The molecule has 1 aromatic heterocycles. The Morgan fingerprint density at radius 3 is 2.42 bits per heavy atom. The average molecular weight is 266 g/mol. The number of rotatable bonds is 3. The Bertz CT molecular complexity index is 502. The quantitative estimate of drug-likeness (QED) is 0.621. The monoisotopic (exact) mass is 266 g/mol. The van der Waals surface area contributed by atoms with E-state index in [0.717, 1.165) is 0 Å². The molecule has 0 saturated carbocycles. The number of methoxy groups -OCH3 is 1. The van der Waals surface area contributed by atoms with Crippen LogP contribution in [0, 0.1) is 0 Å². The van der Waals surface area contributed by atoms with Crippen LogP contribution in [0.3, 0.4) is 0 Å². The maximum absolute atomic E-state index is 11.7. The lowest BCUT2D eigenvalue weighted by atomic mass is 10.2. The van der Waals surface area contributed by atoms with Gasteiger partial charge in [-0.1, -0.05) is 0 Å². The topological polar surface area (TPSA) is 65.7 Å². The molecule has 5 heteroatoms. The minimum atomic E-state index is -0.561. The molecule has 0 spiro atoms. The van der Waals surface area contributed by atoms with Crippen LogP contribution in [0.2, 0.25) is 0 Å². The van der Waals surface area contributed by atoms with Gasteiger partial charge in [0.2, 0.25) is 5.76 Å². The van der Waals surface area contributed by atoms with E-state index in [1.807, 2.05) is 0 Å². The highest BCUT2D eigenvalue weighted by molar-refractivity contribution is 5.93. The minimum Gasteiger partial charge on any atom is -0.463 e. The summed E-state index contributed by atoms with van der Waals surface area (Å²) in [6.45, 7) is 7.00. The molecule has 0 bridgehead atoms. The lowest BCUT2D eigenvalue weighted by Crippen LogP contribution is -2.24. The molecule has 0 aliphatic rings. The van der Waals surface area contributed by atoms with Crippen LogP contribution in [0.4, 0.5) is 0 Å². The predicted molar refractivity (Wildman–Crippen MR) is 69.5 cm³/mol. The summed E-state index contributed by atoms with van der Waals surface area (Å²) in [4.78, 5) is 22.9. The first kappa shape index (κ1) is 15.0. The number of ether oxygens (including phenoxy) is 2. The van der Waals surface area contributed by atoms with Gasteiger partial charge in [-0.25, -0.2) is 9.59 Å². The summed E-state index contributed by atoms with van der Waals surface area (Å²) in [7, 11) is 1.27. The van der Waals surface area contributed by atoms with Crippen molar-refractivity contribution in [2.75, 3.05) is 7.11 Å². The van der Waals surface area contributed by atoms with Crippen LogP contribution < -0.4 is 0 Å². The molecule has 0 N–H and O–H groups in total. The fourth-order valence-electron chi connectivity index (χ4n) is 1.27. The van der Waals surface area contributed by atoms with Gasteiger partial charge in [0.15, 0.2) is 0 Å². The van der Waals surface area contributed by atoms with E-state index in [1.165, 1.54) is 19.3 Å². The van der Waals surface area contributed by atoms with E-state index in [1.54, 1.807) is 33.8 Å². The molecule has 0 amide bonds. The van der Waals surface area contributed by atoms with E-state index in [-0.39, 0.29) is 5.76 Å². The molecule has 0 aliphatic carbocycles. The summed E-state index contributed by atoms with van der Waals surface area (Å²) in [5.41, 5.74) is -0.160. The Balaban J connectivity index is 2.82. The van der Waals surface area contributed by atoms with Crippen LogP contribution >= 0.6 is 0 Å². The van der Waals surface area contributed by atoms with E-state index in [9.17, 15) is 9.59 Å². The molecule has 0 aromatic carbocycles. The largest absolute Gasteiger partial charge is 0.463 e. The second kappa shape index (κ2) is 5.73. The standard InChI is InChI=1S/C14H18O5/c1-9(12(15)19-14(2,3)4)8-10-6-7-11(18-10)13(16)17-5/h6-8H,1-5H3/b9-8+. The van der Waals surface area contributed by atoms with Crippen LogP contribution in [0.15, 0.2) is 22.1 Å². The van der Waals surface area contributed by atoms with E-state index >= 15 is 0 Å². The summed E-state index contributed by atoms with van der Waals surface area (Å²) < 4.78 is 15.0. The van der Waals surface area contributed by atoms with Gasteiger partial charge in [0.1, 0.15) is 11.4 Å². The van der Waals surface area contributed by atoms with E-state index < -0.39 is 17.5 Å². The third-order valence-electron chi connectivity index (χ3n) is 2.09. The van der Waals surface area contributed by atoms with Crippen LogP contribution in [0.25, 0.3) is 6.08 Å². The van der Waals surface area contributed by atoms with Crippen molar-refractivity contribution in [2.24, 2.45) is 0 Å². The van der Waals surface area contributed by atoms with Gasteiger partial charge >= 0.3 is 11.9 Å². The molecule has 5 nitrogen and oxygen atoms in total. The van der Waals surface area contributed by atoms with Crippen LogP contribution in [-0.2, 0) is 14.3 Å². The molecule has 0 atom stereocenters. The van der Waals surface area contributed by atoms with Crippen molar-refractivity contribution in [3.63, 3.8) is 0 Å². The second-order valence-electron chi connectivity index (χ2n) is 5.02. The Kier molecular flexibility index (Phi) is 4.53. The third kappa shape index (κ3) is 4.62. The second-order valence-corrected chi connectivity index (χ2v) is 5.02. The van der Waals surface area contributed by atoms with Crippen LogP contribution in [0.1, 0.15) is 44.0 Å². The van der Waals surface area contributed by atoms with Crippen molar-refractivity contribution in [3.05, 3.63) is 29.2 Å². The van der Waals surface area contributed by atoms with E-state index in [0.29, 0.717) is 11.3 Å². The fraction of sp³-hybridized carbons (Fsp3) is 0.429. The Labute approximate surface area is 112 Å². The van der Waals surface area contributed by atoms with Gasteiger partial charge in [-0.2, -0.15) is 0 Å². The first-order valence-electron chi connectivity index (χ1n) is 5.83. The van der Waals surface area contributed by atoms with Gasteiger partial charge in [0.25, 0.3) is 0 Å². The smallest absolute Gasteiger partial charge is 0.373 e. The average Bonchev–Trinajstić information content (AvgIpc) is 2.74. The number of carbonyl (C=O) groups is 2. The SMILES string of the molecule is COC(=O)c1ccc(/C=C(\C)C(=O)OC(C)(C)C)o1. The molecule has 0 unspecified atom stereocenters. The number of esters is 2. The molecule has 1 heterocycles. The zero-order valence-electron chi connectivity index (χ0n) is 11.8. The summed E-state index contributed by atoms with van der Waals surface area (Å²) in [5.74, 6) is -0.507. The molecule has 0 saturated heterocycles. The molecule has 0 fully saturated rings. The van der Waals surface area contributed by atoms with Gasteiger partial charge in [-0.15, -0.1) is 0 Å². The molecule has 1 rings (SSSR count). The number of carbonyl (C=O) groups excluding carboxylic acids is 2. The first-order valence-corrected chi connectivity index (χ1v) is 5.83. The predicted octanol–water partition coefficient (Wildman–Crippen LogP) is 2.81. The minimum absolute atomic E-state index is 0.0886. The highest BCUT2D eigenvalue weighted by Crippen LogP contribution is 2.16. The zero-order valence-corrected chi connectivity index (χ0v) is 11.8. The van der Waals surface area contributed by atoms with Crippen molar-refractivity contribution in [1.29, 1.82) is 0 Å². The maximum Gasteiger partial charge on any atom is 0.373 e. The van der Waals surface area contributed by atoms with E-state index in [2.05, 4.69) is 4.74 Å². The van der Waals surface area contributed by atoms with E-state index in [4.69, 9.17) is 9.15 Å². The van der Waals surface area contributed by atoms with Crippen LogP contribution in [0.5, 0.6) is 0 Å². The molecular formula is C14H18O5. The summed E-state index contributed by atoms with van der Waals surface area (Å²) in [5, 5.41) is 0. The fourth-order valence-corrected chi connectivity index (χ4v) is 1.27. The molecular weight excluding hydrogens is 248 g/mol. The van der Waals surface area contributed by atoms with Gasteiger partial charge in [-0.05, 0) is 45.9 Å². The highest BCUT2D eigenvalue weighted by atomic mass is 16.6. The molecule has 19 heavy (non-hydrogen) atoms. The maximum atomic E-state index is 11.7. The molecule has 0 radical (unpaired) electrons. The number of hydrogen-bond donors (Lipinski definition) is 0. The van der Waals surface area contributed by atoms with Gasteiger partial charge < -0.3 is 13.9 Å². The Morgan fingerprint density at radius 2 is 1.89 bits per heavy atom. The number of hydrogen-bond acceptors (Lipinski definition) is 5. The van der Waals surface area contributed by atoms with Gasteiger partial charge in [0.05, 0.1) is 7.11 Å². The lowest BCUT2D eigenvalue weighted by molar-refractivity contribution is -0.149. The summed E-state index contributed by atoms with van der Waals surface area (Å²) >= 11 is 0. The normalized spacial score (nSPS) is 12.2. The van der Waals surface area contributed by atoms with Gasteiger partial charge in [-0.3, -0.25) is 0 Å². The Morgan fingerprint density at radius 1 is 1.26 bits per heavy atom. The van der Waals surface area contributed by atoms with Gasteiger partial charge in [0, 0.05) is 5.57 Å². The summed E-state index contributed by atoms with van der Waals surface area (Å²) in [6.07, 6.45) is 1.51. The first-order chi connectivity index (χ1) is 8.73. The lowest BCUT2D eigenvalue weighted by Gasteiger charge is -2.19. The van der Waals surface area contributed by atoms with Crippen molar-refractivity contribution >= 4 is 18.0 Å². The third-order valence-corrected chi connectivity index (χ3v) is 2.09. The van der Waals surface area contributed by atoms with Crippen molar-refractivity contribution in [1.82, 2.24) is 0 Å². The summed E-state index contributed by atoms with van der Waals surface area (Å²) in [6, 6.07) is 3.07. The van der Waals surface area contributed by atoms with Crippen molar-refractivity contribution < 1.29 is 23.5 Å². The highest BCUT2D eigenvalue weighted by Gasteiger charge is 2.18. The zero-order chi connectivity index (χ0) is 14.6. The Hall–Kier alpha value is -2.04.